The van der Waals surface area contributed by atoms with Gasteiger partial charge in [-0.2, -0.15) is 5.10 Å². The number of furan rings is 1. The maximum Gasteiger partial charge on any atom is 0.344 e. The first kappa shape index (κ1) is 23.6. The predicted octanol–water partition coefficient (Wildman–Crippen LogP) is 4.95. The highest BCUT2D eigenvalue weighted by molar-refractivity contribution is 9.10. The number of hydrazone groups is 1. The fraction of sp³-hybridized carbons (Fsp3) is 0.227. The minimum Gasteiger partial charge on any atom is -0.490 e. The smallest absolute Gasteiger partial charge is 0.344 e. The van der Waals surface area contributed by atoms with Crippen LogP contribution < -0.4 is 14.9 Å². The Kier molecular flexibility index (Phi) is 8.13. The molecule has 0 saturated heterocycles. The third-order valence-electron chi connectivity index (χ3n) is 4.05. The van der Waals surface area contributed by atoms with E-state index in [0.717, 1.165) is 5.39 Å². The molecule has 0 aliphatic rings. The van der Waals surface area contributed by atoms with Gasteiger partial charge in [0.2, 0.25) is 0 Å². The largest absolute Gasteiger partial charge is 0.490 e. The molecular formula is C22H20BrClN2O6. The van der Waals surface area contributed by atoms with E-state index in [1.807, 2.05) is 6.92 Å². The van der Waals surface area contributed by atoms with E-state index in [4.69, 9.17) is 30.2 Å². The van der Waals surface area contributed by atoms with E-state index in [1.165, 1.54) is 6.21 Å². The third-order valence-corrected chi connectivity index (χ3v) is 4.88. The number of amides is 1. The number of nitrogens with one attached hydrogen (secondary N) is 1. The van der Waals surface area contributed by atoms with Gasteiger partial charge in [0.15, 0.2) is 23.9 Å². The molecule has 8 nitrogen and oxygen atoms in total. The van der Waals surface area contributed by atoms with Crippen LogP contribution in [0.2, 0.25) is 5.02 Å². The fourth-order valence-corrected chi connectivity index (χ4v) is 3.50. The van der Waals surface area contributed by atoms with Crippen LogP contribution in [0.3, 0.4) is 0 Å². The van der Waals surface area contributed by atoms with Crippen LogP contribution in [-0.2, 0) is 9.53 Å². The van der Waals surface area contributed by atoms with Gasteiger partial charge < -0.3 is 18.6 Å². The molecule has 1 N–H and O–H groups in total. The number of halogens is 2. The molecule has 0 fully saturated rings. The molecule has 1 amide bonds. The van der Waals surface area contributed by atoms with E-state index in [2.05, 4.69) is 26.5 Å². The standard InChI is InChI=1S/C22H20BrClN2O6/c1-3-29-18-8-13(7-16(23)21(18)31-12-20(27)30-4-2)11-25-26-22(28)19-10-14-9-15(24)5-6-17(14)32-19/h5-11H,3-4,12H2,1-2H3,(H,26,28)/b25-11+. The molecule has 0 unspecified atom stereocenters. The van der Waals surface area contributed by atoms with Crippen molar-refractivity contribution >= 4 is 56.6 Å². The molecule has 0 spiro atoms. The van der Waals surface area contributed by atoms with E-state index >= 15 is 0 Å². The predicted molar refractivity (Wildman–Crippen MR) is 124 cm³/mol. The van der Waals surface area contributed by atoms with Gasteiger partial charge in [-0.05, 0) is 71.7 Å². The number of ether oxygens (including phenoxy) is 3. The highest BCUT2D eigenvalue weighted by Gasteiger charge is 2.15. The highest BCUT2D eigenvalue weighted by Crippen LogP contribution is 2.36. The molecule has 3 aromatic rings. The number of benzene rings is 2. The summed E-state index contributed by atoms with van der Waals surface area (Å²) in [6.07, 6.45) is 1.44. The molecule has 1 heterocycles. The SMILES string of the molecule is CCOC(=O)COc1c(Br)cc(/C=N/NC(=O)c2cc3cc(Cl)ccc3o2)cc1OCC. The first-order valence-corrected chi connectivity index (χ1v) is 10.9. The second-order valence-corrected chi connectivity index (χ2v) is 7.64. The fourth-order valence-electron chi connectivity index (χ4n) is 2.75. The van der Waals surface area contributed by atoms with Crippen LogP contribution in [-0.4, -0.2) is 37.9 Å². The lowest BCUT2D eigenvalue weighted by Crippen LogP contribution is -2.17. The zero-order valence-electron chi connectivity index (χ0n) is 17.3. The molecule has 0 saturated carbocycles. The first-order chi connectivity index (χ1) is 15.4. The van der Waals surface area contributed by atoms with Crippen LogP contribution in [0.4, 0.5) is 0 Å². The summed E-state index contributed by atoms with van der Waals surface area (Å²) in [5, 5.41) is 5.24. The van der Waals surface area contributed by atoms with E-state index in [9.17, 15) is 9.59 Å². The lowest BCUT2D eigenvalue weighted by atomic mass is 10.2. The first-order valence-electron chi connectivity index (χ1n) is 9.68. The summed E-state index contributed by atoms with van der Waals surface area (Å²) in [5.74, 6) is -0.108. The van der Waals surface area contributed by atoms with Crippen molar-refractivity contribution in [2.24, 2.45) is 5.10 Å². The Balaban J connectivity index is 1.71. The van der Waals surface area contributed by atoms with Crippen LogP contribution >= 0.6 is 27.5 Å². The van der Waals surface area contributed by atoms with E-state index in [1.54, 1.807) is 43.3 Å². The minimum atomic E-state index is -0.507. The van der Waals surface area contributed by atoms with Crippen molar-refractivity contribution in [2.45, 2.75) is 13.8 Å². The molecular weight excluding hydrogens is 504 g/mol. The average Bonchev–Trinajstić information content (AvgIpc) is 3.17. The van der Waals surface area contributed by atoms with Crippen molar-refractivity contribution in [3.63, 3.8) is 0 Å². The molecule has 32 heavy (non-hydrogen) atoms. The van der Waals surface area contributed by atoms with E-state index < -0.39 is 11.9 Å². The van der Waals surface area contributed by atoms with E-state index in [-0.39, 0.29) is 19.0 Å². The third kappa shape index (κ3) is 6.02. The Bertz CT molecular complexity index is 1160. The number of rotatable bonds is 9. The van der Waals surface area contributed by atoms with Crippen molar-refractivity contribution < 1.29 is 28.2 Å². The van der Waals surface area contributed by atoms with Gasteiger partial charge in [0.25, 0.3) is 0 Å². The Morgan fingerprint density at radius 3 is 2.72 bits per heavy atom. The topological polar surface area (TPSA) is 99.4 Å². The molecule has 0 bridgehead atoms. The second-order valence-electron chi connectivity index (χ2n) is 6.35. The average molecular weight is 524 g/mol. The van der Waals surface area contributed by atoms with Gasteiger partial charge in [-0.1, -0.05) is 11.6 Å². The molecule has 2 aromatic carbocycles. The zero-order chi connectivity index (χ0) is 23.1. The number of nitrogens with zero attached hydrogens (tertiary/aromatic N) is 1. The number of esters is 1. The van der Waals surface area contributed by atoms with Gasteiger partial charge in [0, 0.05) is 10.4 Å². The van der Waals surface area contributed by atoms with Crippen molar-refractivity contribution in [1.29, 1.82) is 0 Å². The van der Waals surface area contributed by atoms with Crippen LogP contribution in [0, 0.1) is 0 Å². The lowest BCUT2D eigenvalue weighted by Gasteiger charge is -2.14. The Morgan fingerprint density at radius 2 is 1.97 bits per heavy atom. The number of hydrogen-bond acceptors (Lipinski definition) is 7. The van der Waals surface area contributed by atoms with E-state index in [0.29, 0.717) is 38.7 Å². The molecule has 1 aromatic heterocycles. The van der Waals surface area contributed by atoms with Crippen LogP contribution in [0.25, 0.3) is 11.0 Å². The van der Waals surface area contributed by atoms with Gasteiger partial charge in [0.05, 0.1) is 23.9 Å². The van der Waals surface area contributed by atoms with Gasteiger partial charge in [-0.15, -0.1) is 0 Å². The summed E-state index contributed by atoms with van der Waals surface area (Å²) in [4.78, 5) is 23.9. The Hall–Kier alpha value is -3.04. The number of carbonyl (C=O) groups excluding carboxylic acids is 2. The monoisotopic (exact) mass is 522 g/mol. The lowest BCUT2D eigenvalue weighted by molar-refractivity contribution is -0.145. The second kappa shape index (κ2) is 11.0. The van der Waals surface area contributed by atoms with Crippen molar-refractivity contribution in [3.05, 3.63) is 57.2 Å². The molecule has 3 rings (SSSR count). The summed E-state index contributed by atoms with van der Waals surface area (Å²) in [7, 11) is 0. The minimum absolute atomic E-state index is 0.110. The van der Waals surface area contributed by atoms with Crippen LogP contribution in [0.1, 0.15) is 30.0 Å². The summed E-state index contributed by atoms with van der Waals surface area (Å²) in [6.45, 7) is 3.94. The van der Waals surface area contributed by atoms with Crippen LogP contribution in [0.15, 0.2) is 50.4 Å². The zero-order valence-corrected chi connectivity index (χ0v) is 19.7. The van der Waals surface area contributed by atoms with Crippen molar-refractivity contribution in [3.8, 4) is 11.5 Å². The van der Waals surface area contributed by atoms with Gasteiger partial charge in [0.1, 0.15) is 5.58 Å². The van der Waals surface area contributed by atoms with Crippen molar-refractivity contribution in [2.75, 3.05) is 19.8 Å². The summed E-state index contributed by atoms with van der Waals surface area (Å²) in [6, 6.07) is 10.1. The Morgan fingerprint density at radius 1 is 1.16 bits per heavy atom. The molecule has 10 heteroatoms. The van der Waals surface area contributed by atoms with Gasteiger partial charge in [-0.3, -0.25) is 4.79 Å². The molecule has 0 aliphatic carbocycles. The maximum atomic E-state index is 12.3. The van der Waals surface area contributed by atoms with Gasteiger partial charge in [-0.25, -0.2) is 10.2 Å². The normalized spacial score (nSPS) is 11.0. The summed E-state index contributed by atoms with van der Waals surface area (Å²) in [5.41, 5.74) is 3.59. The number of carbonyl (C=O) groups is 2. The molecule has 0 radical (unpaired) electrons. The van der Waals surface area contributed by atoms with Crippen LogP contribution in [0.5, 0.6) is 11.5 Å². The van der Waals surface area contributed by atoms with Crippen molar-refractivity contribution in [1.82, 2.24) is 5.43 Å². The summed E-state index contributed by atoms with van der Waals surface area (Å²) >= 11 is 9.36. The maximum absolute atomic E-state index is 12.3. The number of hydrogen-bond donors (Lipinski definition) is 1. The van der Waals surface area contributed by atoms with Gasteiger partial charge >= 0.3 is 11.9 Å². The summed E-state index contributed by atoms with van der Waals surface area (Å²) < 4.78 is 22.1. The molecule has 0 aliphatic heterocycles. The Labute approximate surface area is 197 Å². The molecule has 0 atom stereocenters. The highest BCUT2D eigenvalue weighted by atomic mass is 79.9. The molecule has 168 valence electrons. The number of fused-ring (bicyclic) bond motifs is 1. The quantitative estimate of drug-likeness (QED) is 0.242.